The molecule has 1 aromatic rings. The topological polar surface area (TPSA) is 29.9 Å². The van der Waals surface area contributed by atoms with Gasteiger partial charge in [-0.25, -0.2) is 4.57 Å². The molecule has 0 aliphatic rings. The molecule has 16 heavy (non-hydrogen) atoms. The summed E-state index contributed by atoms with van der Waals surface area (Å²) in [6.07, 6.45) is 9.30. The summed E-state index contributed by atoms with van der Waals surface area (Å²) in [5, 5.41) is 0. The van der Waals surface area contributed by atoms with E-state index in [1.807, 2.05) is 0 Å². The lowest BCUT2D eigenvalue weighted by atomic mass is 10.2. The standard InChI is InChI=1S/C12H20N2S.BrH/c13-11-12-5-8-14(9-6-12)7-3-1-2-4-10-15;/h5-6,8-9H,1-4,7,10-11,13H2;1H. The van der Waals surface area contributed by atoms with Crippen molar-refractivity contribution in [3.8, 4) is 0 Å². The number of aromatic nitrogens is 1. The van der Waals surface area contributed by atoms with Crippen molar-refractivity contribution in [3.63, 3.8) is 0 Å². The lowest BCUT2D eigenvalue weighted by Gasteiger charge is -1.99. The molecule has 0 atom stereocenters. The largest absolute Gasteiger partial charge is 1.00 e. The van der Waals surface area contributed by atoms with Crippen molar-refractivity contribution in [3.05, 3.63) is 30.1 Å². The maximum Gasteiger partial charge on any atom is 0.169 e. The molecule has 0 saturated carbocycles. The number of hydrogen-bond acceptors (Lipinski definition) is 2. The molecule has 0 aliphatic heterocycles. The smallest absolute Gasteiger partial charge is 0.169 e. The van der Waals surface area contributed by atoms with Crippen molar-refractivity contribution in [2.24, 2.45) is 5.73 Å². The van der Waals surface area contributed by atoms with Crippen LogP contribution in [0.5, 0.6) is 0 Å². The molecule has 0 fully saturated rings. The van der Waals surface area contributed by atoms with E-state index in [1.54, 1.807) is 0 Å². The Bertz CT molecular complexity index is 264. The van der Waals surface area contributed by atoms with Crippen LogP contribution in [0.4, 0.5) is 0 Å². The summed E-state index contributed by atoms with van der Waals surface area (Å²) >= 11 is 4.20. The van der Waals surface area contributed by atoms with Crippen molar-refractivity contribution in [1.29, 1.82) is 0 Å². The van der Waals surface area contributed by atoms with E-state index in [0.717, 1.165) is 12.3 Å². The Morgan fingerprint density at radius 3 is 2.25 bits per heavy atom. The number of halogens is 1. The number of rotatable bonds is 7. The average molecular weight is 305 g/mol. The van der Waals surface area contributed by atoms with Crippen LogP contribution < -0.4 is 27.3 Å². The van der Waals surface area contributed by atoms with Crippen molar-refractivity contribution in [1.82, 2.24) is 0 Å². The molecule has 0 spiro atoms. The Balaban J connectivity index is 0.00000225. The highest BCUT2D eigenvalue weighted by molar-refractivity contribution is 7.80. The summed E-state index contributed by atoms with van der Waals surface area (Å²) in [6.45, 7) is 1.74. The Labute approximate surface area is 114 Å². The highest BCUT2D eigenvalue weighted by atomic mass is 79.9. The number of aryl methyl sites for hydroxylation is 1. The van der Waals surface area contributed by atoms with Gasteiger partial charge in [-0.3, -0.25) is 0 Å². The Hall–Kier alpha value is -0.0600. The highest BCUT2D eigenvalue weighted by Gasteiger charge is 1.99. The first-order chi connectivity index (χ1) is 7.36. The van der Waals surface area contributed by atoms with Crippen LogP contribution in [0.3, 0.4) is 0 Å². The monoisotopic (exact) mass is 304 g/mol. The highest BCUT2D eigenvalue weighted by Crippen LogP contribution is 2.00. The first kappa shape index (κ1) is 15.9. The number of nitrogens with two attached hydrogens (primary N) is 1. The normalized spacial score (nSPS) is 9.88. The van der Waals surface area contributed by atoms with Crippen LogP contribution in [0.25, 0.3) is 0 Å². The van der Waals surface area contributed by atoms with Gasteiger partial charge in [0, 0.05) is 25.1 Å². The van der Waals surface area contributed by atoms with Gasteiger partial charge in [-0.2, -0.15) is 12.6 Å². The van der Waals surface area contributed by atoms with Crippen LogP contribution in [0, 0.1) is 0 Å². The van der Waals surface area contributed by atoms with Gasteiger partial charge in [-0.05, 0) is 24.2 Å². The molecule has 2 N–H and O–H groups in total. The molecule has 0 bridgehead atoms. The van der Waals surface area contributed by atoms with Crippen LogP contribution in [0.2, 0.25) is 0 Å². The lowest BCUT2D eigenvalue weighted by molar-refractivity contribution is -0.697. The number of unbranched alkanes of at least 4 members (excludes halogenated alkanes) is 3. The van der Waals surface area contributed by atoms with Crippen LogP contribution >= 0.6 is 12.6 Å². The van der Waals surface area contributed by atoms with E-state index in [1.165, 1.54) is 31.2 Å². The van der Waals surface area contributed by atoms with Crippen LogP contribution in [-0.4, -0.2) is 5.75 Å². The third-order valence-corrected chi connectivity index (χ3v) is 2.84. The molecule has 0 aliphatic carbocycles. The SMILES string of the molecule is NCc1cc[n+](CCCCCCS)cc1.[Br-]. The molecule has 0 radical (unpaired) electrons. The van der Waals surface area contributed by atoms with Gasteiger partial charge in [0.05, 0.1) is 0 Å². The van der Waals surface area contributed by atoms with Crippen molar-refractivity contribution >= 4 is 12.6 Å². The first-order valence-electron chi connectivity index (χ1n) is 5.65. The second kappa shape index (κ2) is 10.1. The predicted molar refractivity (Wildman–Crippen MR) is 66.8 cm³/mol. The summed E-state index contributed by atoms with van der Waals surface area (Å²) in [7, 11) is 0. The van der Waals surface area contributed by atoms with Gasteiger partial charge in [0.25, 0.3) is 0 Å². The summed E-state index contributed by atoms with van der Waals surface area (Å²) < 4.78 is 2.22. The summed E-state index contributed by atoms with van der Waals surface area (Å²) in [4.78, 5) is 0. The lowest BCUT2D eigenvalue weighted by Crippen LogP contribution is -3.00. The van der Waals surface area contributed by atoms with Gasteiger partial charge in [-0.15, -0.1) is 0 Å². The fraction of sp³-hybridized carbons (Fsp3) is 0.583. The molecule has 0 saturated heterocycles. The van der Waals surface area contributed by atoms with E-state index in [9.17, 15) is 0 Å². The minimum absolute atomic E-state index is 0. The summed E-state index contributed by atoms with van der Waals surface area (Å²) in [6, 6.07) is 4.18. The van der Waals surface area contributed by atoms with Crippen molar-refractivity contribution < 1.29 is 21.5 Å². The third-order valence-electron chi connectivity index (χ3n) is 2.52. The molecular weight excluding hydrogens is 284 g/mol. The number of nitrogens with zero attached hydrogens (tertiary/aromatic N) is 1. The molecular formula is C12H21BrN2S. The van der Waals surface area contributed by atoms with Gasteiger partial charge in [0.15, 0.2) is 12.4 Å². The summed E-state index contributed by atoms with van der Waals surface area (Å²) in [5.74, 6) is 1.01. The predicted octanol–water partition coefficient (Wildman–Crippen LogP) is -1.07. The van der Waals surface area contributed by atoms with Crippen molar-refractivity contribution in [2.45, 2.75) is 38.8 Å². The molecule has 4 heteroatoms. The molecule has 1 rings (SSSR count). The minimum Gasteiger partial charge on any atom is -1.00 e. The molecule has 0 aromatic carbocycles. The number of hydrogen-bond donors (Lipinski definition) is 2. The van der Waals surface area contributed by atoms with Gasteiger partial charge in [-0.1, -0.05) is 6.42 Å². The van der Waals surface area contributed by atoms with Crippen LogP contribution in [0.1, 0.15) is 31.2 Å². The fourth-order valence-corrected chi connectivity index (χ4v) is 1.76. The number of pyridine rings is 1. The maximum atomic E-state index is 5.54. The Kier molecular flexibility index (Phi) is 10.1. The third kappa shape index (κ3) is 6.51. The average Bonchev–Trinajstić information content (AvgIpc) is 2.30. The fourth-order valence-electron chi connectivity index (χ4n) is 1.53. The molecule has 1 heterocycles. The minimum atomic E-state index is 0. The van der Waals surface area contributed by atoms with Gasteiger partial charge in [0.1, 0.15) is 6.54 Å². The molecule has 0 amide bonds. The Morgan fingerprint density at radius 2 is 1.69 bits per heavy atom. The Morgan fingerprint density at radius 1 is 1.06 bits per heavy atom. The van der Waals surface area contributed by atoms with Crippen molar-refractivity contribution in [2.75, 3.05) is 5.75 Å². The van der Waals surface area contributed by atoms with Crippen LogP contribution in [-0.2, 0) is 13.1 Å². The van der Waals surface area contributed by atoms with Gasteiger partial charge in [0.2, 0.25) is 0 Å². The van der Waals surface area contributed by atoms with E-state index in [4.69, 9.17) is 5.73 Å². The van der Waals surface area contributed by atoms with Crippen LogP contribution in [0.15, 0.2) is 24.5 Å². The molecule has 92 valence electrons. The zero-order chi connectivity index (χ0) is 10.9. The quantitative estimate of drug-likeness (QED) is 0.375. The first-order valence-corrected chi connectivity index (χ1v) is 6.29. The van der Waals surface area contributed by atoms with E-state index < -0.39 is 0 Å². The number of thiol groups is 1. The zero-order valence-electron chi connectivity index (χ0n) is 9.61. The van der Waals surface area contributed by atoms with E-state index >= 15 is 0 Å². The second-order valence-corrected chi connectivity index (χ2v) is 4.23. The molecule has 2 nitrogen and oxygen atoms in total. The molecule has 0 unspecified atom stereocenters. The van der Waals surface area contributed by atoms with E-state index in [-0.39, 0.29) is 17.0 Å². The van der Waals surface area contributed by atoms with Gasteiger partial charge < -0.3 is 22.7 Å². The van der Waals surface area contributed by atoms with E-state index in [0.29, 0.717) is 6.54 Å². The summed E-state index contributed by atoms with van der Waals surface area (Å²) in [5.41, 5.74) is 6.73. The zero-order valence-corrected chi connectivity index (χ0v) is 12.1. The molecule has 1 aromatic heterocycles. The second-order valence-electron chi connectivity index (χ2n) is 3.79. The van der Waals surface area contributed by atoms with E-state index in [2.05, 4.69) is 41.7 Å². The van der Waals surface area contributed by atoms with Gasteiger partial charge >= 0.3 is 0 Å². The maximum absolute atomic E-state index is 5.54.